The van der Waals surface area contributed by atoms with Crippen molar-refractivity contribution in [1.29, 1.82) is 0 Å². The normalized spacial score (nSPS) is 25.8. The van der Waals surface area contributed by atoms with Gasteiger partial charge in [-0.2, -0.15) is 0 Å². The number of Topliss-reactive ketones (excluding diaryl/α,β-unsaturated/α-hetero) is 1. The Hall–Kier alpha value is -1.68. The van der Waals surface area contributed by atoms with Gasteiger partial charge in [0.05, 0.1) is 6.42 Å². The van der Waals surface area contributed by atoms with Gasteiger partial charge in [-0.3, -0.25) is 9.59 Å². The molecular weight excluding hydrogens is 242 g/mol. The lowest BCUT2D eigenvalue weighted by Crippen LogP contribution is -2.25. The van der Waals surface area contributed by atoms with E-state index in [0.717, 1.165) is 17.7 Å². The highest BCUT2D eigenvalue weighted by Gasteiger charge is 2.32. The second-order valence-electron chi connectivity index (χ2n) is 5.39. The van der Waals surface area contributed by atoms with Crippen LogP contribution >= 0.6 is 0 Å². The molecule has 1 saturated heterocycles. The average Bonchev–Trinajstić information content (AvgIpc) is 2.93. The van der Waals surface area contributed by atoms with Gasteiger partial charge in [0.25, 0.3) is 0 Å². The molecule has 2 aliphatic heterocycles. The number of rotatable bonds is 2. The van der Waals surface area contributed by atoms with Gasteiger partial charge in [-0.25, -0.2) is 0 Å². The van der Waals surface area contributed by atoms with Gasteiger partial charge >= 0.3 is 0 Å². The van der Waals surface area contributed by atoms with Crippen LogP contribution in [0.1, 0.15) is 29.3 Å². The zero-order valence-electron chi connectivity index (χ0n) is 11.2. The number of ketones is 1. The van der Waals surface area contributed by atoms with Crippen LogP contribution in [0.15, 0.2) is 18.2 Å². The van der Waals surface area contributed by atoms with E-state index >= 15 is 0 Å². The Bertz CT molecular complexity index is 552. The van der Waals surface area contributed by atoms with E-state index in [2.05, 4.69) is 0 Å². The molecule has 19 heavy (non-hydrogen) atoms. The zero-order chi connectivity index (χ0) is 13.6. The van der Waals surface area contributed by atoms with Gasteiger partial charge in [0.2, 0.25) is 5.91 Å². The summed E-state index contributed by atoms with van der Waals surface area (Å²) in [5.41, 5.74) is 2.49. The molecule has 100 valence electrons. The summed E-state index contributed by atoms with van der Waals surface area (Å²) in [5, 5.41) is 0. The quantitative estimate of drug-likeness (QED) is 0.761. The Balaban J connectivity index is 1.89. The number of hydrogen-bond acceptors (Lipinski definition) is 3. The molecule has 0 N–H and O–H groups in total. The van der Waals surface area contributed by atoms with Gasteiger partial charge < -0.3 is 9.64 Å². The Kier molecular flexibility index (Phi) is 2.90. The van der Waals surface area contributed by atoms with E-state index < -0.39 is 0 Å². The molecule has 1 fully saturated rings. The summed E-state index contributed by atoms with van der Waals surface area (Å²) in [4.78, 5) is 25.7. The molecule has 1 aromatic carbocycles. The van der Waals surface area contributed by atoms with Crippen molar-refractivity contribution >= 4 is 17.4 Å². The fourth-order valence-corrected chi connectivity index (χ4v) is 2.82. The van der Waals surface area contributed by atoms with Crippen molar-refractivity contribution < 1.29 is 14.3 Å². The van der Waals surface area contributed by atoms with Crippen LogP contribution in [-0.4, -0.2) is 31.4 Å². The molecule has 4 nitrogen and oxygen atoms in total. The van der Waals surface area contributed by atoms with Crippen LogP contribution in [0.2, 0.25) is 0 Å². The van der Waals surface area contributed by atoms with Crippen molar-refractivity contribution in [2.24, 2.45) is 5.92 Å². The van der Waals surface area contributed by atoms with E-state index in [-0.39, 0.29) is 23.7 Å². The maximum atomic E-state index is 12.4. The van der Waals surface area contributed by atoms with Crippen molar-refractivity contribution in [3.8, 4) is 0 Å². The molecule has 0 aliphatic carbocycles. The molecular formula is C15H17NO3. The topological polar surface area (TPSA) is 46.6 Å². The maximum absolute atomic E-state index is 12.4. The molecule has 2 heterocycles. The van der Waals surface area contributed by atoms with Gasteiger partial charge in [-0.15, -0.1) is 0 Å². The van der Waals surface area contributed by atoms with E-state index in [1.54, 1.807) is 18.0 Å². The Morgan fingerprint density at radius 3 is 2.89 bits per heavy atom. The van der Waals surface area contributed by atoms with Gasteiger partial charge in [-0.1, -0.05) is 6.92 Å². The summed E-state index contributed by atoms with van der Waals surface area (Å²) < 4.78 is 5.52. The molecule has 0 aromatic heterocycles. The van der Waals surface area contributed by atoms with Crippen molar-refractivity contribution in [3.63, 3.8) is 0 Å². The summed E-state index contributed by atoms with van der Waals surface area (Å²) >= 11 is 0. The lowest BCUT2D eigenvalue weighted by molar-refractivity contribution is -0.117. The number of anilines is 1. The predicted molar refractivity (Wildman–Crippen MR) is 71.4 cm³/mol. The minimum absolute atomic E-state index is 0.0369. The lowest BCUT2D eigenvalue weighted by atomic mass is 9.95. The number of carbonyl (C=O) groups is 2. The molecule has 0 radical (unpaired) electrons. The van der Waals surface area contributed by atoms with Crippen molar-refractivity contribution in [2.45, 2.75) is 25.9 Å². The highest BCUT2D eigenvalue weighted by molar-refractivity contribution is 6.04. The fourth-order valence-electron chi connectivity index (χ4n) is 2.82. The van der Waals surface area contributed by atoms with E-state index in [0.29, 0.717) is 18.6 Å². The van der Waals surface area contributed by atoms with Crippen molar-refractivity contribution in [2.75, 3.05) is 18.6 Å². The lowest BCUT2D eigenvalue weighted by Gasteiger charge is -2.14. The average molecular weight is 259 g/mol. The third kappa shape index (κ3) is 1.96. The van der Waals surface area contributed by atoms with Gasteiger partial charge in [0.1, 0.15) is 6.10 Å². The second-order valence-corrected chi connectivity index (χ2v) is 5.39. The largest absolute Gasteiger partial charge is 0.370 e. The van der Waals surface area contributed by atoms with Crippen LogP contribution in [0.3, 0.4) is 0 Å². The highest BCUT2D eigenvalue weighted by atomic mass is 16.5. The van der Waals surface area contributed by atoms with Crippen molar-refractivity contribution in [1.82, 2.24) is 0 Å². The number of likely N-dealkylation sites (N-methyl/N-ethyl adjacent to an activating group) is 1. The number of carbonyl (C=O) groups excluding carboxylic acids is 2. The van der Waals surface area contributed by atoms with E-state index in [1.165, 1.54) is 0 Å². The predicted octanol–water partition coefficient (Wildman–Crippen LogP) is 1.81. The van der Waals surface area contributed by atoms with Crippen LogP contribution < -0.4 is 4.90 Å². The van der Waals surface area contributed by atoms with Crippen LogP contribution in [-0.2, 0) is 16.0 Å². The summed E-state index contributed by atoms with van der Waals surface area (Å²) in [6.45, 7) is 2.70. The Morgan fingerprint density at radius 1 is 1.42 bits per heavy atom. The number of benzene rings is 1. The van der Waals surface area contributed by atoms with Crippen LogP contribution in [0.25, 0.3) is 0 Å². The van der Waals surface area contributed by atoms with Gasteiger partial charge in [0.15, 0.2) is 5.78 Å². The first kappa shape index (κ1) is 12.4. The SMILES string of the molecule is CC1CCOC1C(=O)c1ccc2c(c1)CC(=O)N2C. The number of ether oxygens (including phenoxy) is 1. The first-order valence-electron chi connectivity index (χ1n) is 6.63. The monoisotopic (exact) mass is 259 g/mol. The Morgan fingerprint density at radius 2 is 2.21 bits per heavy atom. The van der Waals surface area contributed by atoms with E-state index in [9.17, 15) is 9.59 Å². The maximum Gasteiger partial charge on any atom is 0.231 e. The van der Waals surface area contributed by atoms with Gasteiger partial charge in [-0.05, 0) is 36.1 Å². The molecule has 2 atom stereocenters. The molecule has 3 rings (SSSR count). The number of fused-ring (bicyclic) bond motifs is 1. The van der Waals surface area contributed by atoms with Gasteiger partial charge in [0, 0.05) is 24.9 Å². The smallest absolute Gasteiger partial charge is 0.231 e. The standard InChI is InChI=1S/C15H17NO3/c1-9-5-6-19-15(9)14(18)10-3-4-12-11(7-10)8-13(17)16(12)2/h3-4,7,9,15H,5-6,8H2,1-2H3. The molecule has 0 saturated carbocycles. The molecule has 1 amide bonds. The van der Waals surface area contributed by atoms with Crippen molar-refractivity contribution in [3.05, 3.63) is 29.3 Å². The summed E-state index contributed by atoms with van der Waals surface area (Å²) in [6, 6.07) is 5.49. The third-order valence-corrected chi connectivity index (χ3v) is 4.09. The van der Waals surface area contributed by atoms with E-state index in [1.807, 2.05) is 19.1 Å². The Labute approximate surface area is 112 Å². The minimum Gasteiger partial charge on any atom is -0.370 e. The zero-order valence-corrected chi connectivity index (χ0v) is 11.2. The molecule has 0 spiro atoms. The van der Waals surface area contributed by atoms with Crippen LogP contribution in [0, 0.1) is 5.92 Å². The minimum atomic E-state index is -0.326. The first-order chi connectivity index (χ1) is 9.08. The number of hydrogen-bond donors (Lipinski definition) is 0. The fraction of sp³-hybridized carbons (Fsp3) is 0.467. The molecule has 2 aliphatic rings. The summed E-state index contributed by atoms with van der Waals surface area (Å²) in [6.07, 6.45) is 0.990. The first-order valence-corrected chi connectivity index (χ1v) is 6.63. The molecule has 1 aromatic rings. The second kappa shape index (κ2) is 4.46. The van der Waals surface area contributed by atoms with E-state index in [4.69, 9.17) is 4.74 Å². The summed E-state index contributed by atoms with van der Waals surface area (Å²) in [5.74, 6) is 0.380. The number of amides is 1. The third-order valence-electron chi connectivity index (χ3n) is 4.09. The number of nitrogens with zero attached hydrogens (tertiary/aromatic N) is 1. The van der Waals surface area contributed by atoms with Crippen LogP contribution in [0.4, 0.5) is 5.69 Å². The highest BCUT2D eigenvalue weighted by Crippen LogP contribution is 2.30. The molecule has 2 unspecified atom stereocenters. The van der Waals surface area contributed by atoms with Crippen LogP contribution in [0.5, 0.6) is 0 Å². The molecule has 0 bridgehead atoms. The summed E-state index contributed by atoms with van der Waals surface area (Å²) in [7, 11) is 1.76. The molecule has 4 heteroatoms.